The Morgan fingerprint density at radius 2 is 1.89 bits per heavy atom. The molecule has 0 radical (unpaired) electrons. The Kier molecular flexibility index (Phi) is 8.29. The van der Waals surface area contributed by atoms with Gasteiger partial charge >= 0.3 is 5.97 Å². The van der Waals surface area contributed by atoms with Crippen molar-refractivity contribution in [3.8, 4) is 0 Å². The SMILES string of the molecule is C/C(=C\c1coc(C)n1)[C@@H]1C[C@@H]2O[C@]2(C)CCC[C@H](C)C(O)[C@@H](C)C(=O)C(C)(C)[C@@H](O)CC(=O)O1. The molecule has 7 atom stereocenters. The van der Waals surface area contributed by atoms with Gasteiger partial charge in [-0.3, -0.25) is 9.59 Å². The van der Waals surface area contributed by atoms with E-state index in [-0.39, 0.29) is 29.8 Å². The number of carbonyl (C=O) groups excluding carboxylic acids is 2. The van der Waals surface area contributed by atoms with Crippen molar-refractivity contribution in [2.75, 3.05) is 0 Å². The van der Waals surface area contributed by atoms with Crippen molar-refractivity contribution < 1.29 is 33.7 Å². The number of fused-ring (bicyclic) bond motifs is 1. The summed E-state index contributed by atoms with van der Waals surface area (Å²) in [6.07, 6.45) is 3.23. The van der Waals surface area contributed by atoms with Crippen LogP contribution in [0, 0.1) is 24.2 Å². The van der Waals surface area contributed by atoms with Gasteiger partial charge in [0.2, 0.25) is 0 Å². The minimum Gasteiger partial charge on any atom is -0.458 e. The summed E-state index contributed by atoms with van der Waals surface area (Å²) in [4.78, 5) is 30.4. The number of aliphatic hydroxyl groups is 2. The number of aryl methyl sites for hydroxylation is 1. The molecule has 0 aliphatic carbocycles. The lowest BCUT2D eigenvalue weighted by Gasteiger charge is -2.34. The van der Waals surface area contributed by atoms with E-state index in [9.17, 15) is 19.8 Å². The first-order chi connectivity index (χ1) is 16.2. The first-order valence-corrected chi connectivity index (χ1v) is 12.6. The number of hydrogen-bond acceptors (Lipinski definition) is 8. The number of epoxide rings is 1. The van der Waals surface area contributed by atoms with Gasteiger partial charge in [-0.25, -0.2) is 4.98 Å². The zero-order valence-corrected chi connectivity index (χ0v) is 22.0. The molecule has 2 fully saturated rings. The van der Waals surface area contributed by atoms with E-state index in [1.807, 2.05) is 19.9 Å². The Bertz CT molecular complexity index is 951. The molecule has 0 saturated carbocycles. The van der Waals surface area contributed by atoms with Crippen LogP contribution in [-0.4, -0.2) is 57.0 Å². The zero-order chi connectivity index (χ0) is 26.1. The molecule has 0 bridgehead atoms. The molecule has 2 saturated heterocycles. The van der Waals surface area contributed by atoms with Gasteiger partial charge in [-0.2, -0.15) is 0 Å². The number of aliphatic hydroxyl groups excluding tert-OH is 2. The molecule has 2 N–H and O–H groups in total. The number of hydrogen-bond donors (Lipinski definition) is 2. The number of ether oxygens (including phenoxy) is 2. The summed E-state index contributed by atoms with van der Waals surface area (Å²) < 4.78 is 17.1. The predicted octanol–water partition coefficient (Wildman–Crippen LogP) is 4.01. The smallest absolute Gasteiger partial charge is 0.309 e. The molecule has 0 spiro atoms. The average Bonchev–Trinajstić information content (AvgIpc) is 3.22. The Hall–Kier alpha value is -2.03. The fraction of sp³-hybridized carbons (Fsp3) is 0.741. The number of esters is 1. The molecule has 8 heteroatoms. The van der Waals surface area contributed by atoms with Crippen LogP contribution in [0.5, 0.6) is 0 Å². The lowest BCUT2D eigenvalue weighted by molar-refractivity contribution is -0.154. The van der Waals surface area contributed by atoms with Crippen LogP contribution in [0.15, 0.2) is 16.3 Å². The number of carbonyl (C=O) groups is 2. The van der Waals surface area contributed by atoms with Crippen LogP contribution in [0.2, 0.25) is 0 Å². The molecule has 1 unspecified atom stereocenters. The van der Waals surface area contributed by atoms with Crippen molar-refractivity contribution in [1.82, 2.24) is 4.98 Å². The number of ketones is 1. The van der Waals surface area contributed by atoms with E-state index in [0.29, 0.717) is 18.0 Å². The lowest BCUT2D eigenvalue weighted by Crippen LogP contribution is -2.45. The van der Waals surface area contributed by atoms with Gasteiger partial charge in [0.1, 0.15) is 23.8 Å². The van der Waals surface area contributed by atoms with Crippen molar-refractivity contribution in [2.24, 2.45) is 17.3 Å². The lowest BCUT2D eigenvalue weighted by atomic mass is 9.73. The van der Waals surface area contributed by atoms with Crippen molar-refractivity contribution >= 4 is 17.8 Å². The van der Waals surface area contributed by atoms with Gasteiger partial charge < -0.3 is 24.1 Å². The molecule has 8 nitrogen and oxygen atoms in total. The van der Waals surface area contributed by atoms with Crippen LogP contribution >= 0.6 is 0 Å². The van der Waals surface area contributed by atoms with E-state index < -0.39 is 35.6 Å². The summed E-state index contributed by atoms with van der Waals surface area (Å²) in [6, 6.07) is 0. The Morgan fingerprint density at radius 3 is 2.51 bits per heavy atom. The molecule has 0 aromatic carbocycles. The van der Waals surface area contributed by atoms with Crippen LogP contribution in [0.1, 0.15) is 85.2 Å². The third-order valence-electron chi connectivity index (χ3n) is 7.93. The van der Waals surface area contributed by atoms with Gasteiger partial charge in [0.25, 0.3) is 0 Å². The molecule has 3 rings (SSSR count). The molecule has 1 aromatic heterocycles. The minimum absolute atomic E-state index is 0.0716. The van der Waals surface area contributed by atoms with Crippen molar-refractivity contribution in [2.45, 2.75) is 111 Å². The van der Waals surface area contributed by atoms with Crippen molar-refractivity contribution in [3.63, 3.8) is 0 Å². The van der Waals surface area contributed by atoms with Crippen LogP contribution in [-0.2, 0) is 19.1 Å². The van der Waals surface area contributed by atoms with E-state index >= 15 is 0 Å². The van der Waals surface area contributed by atoms with Gasteiger partial charge in [-0.15, -0.1) is 0 Å². The van der Waals surface area contributed by atoms with Crippen LogP contribution < -0.4 is 0 Å². The van der Waals surface area contributed by atoms with Crippen LogP contribution in [0.25, 0.3) is 6.08 Å². The largest absolute Gasteiger partial charge is 0.458 e. The second kappa shape index (κ2) is 10.5. The summed E-state index contributed by atoms with van der Waals surface area (Å²) in [7, 11) is 0. The Balaban J connectivity index is 1.85. The van der Waals surface area contributed by atoms with E-state index in [1.54, 1.807) is 34.0 Å². The summed E-state index contributed by atoms with van der Waals surface area (Å²) in [5.41, 5.74) is -0.107. The summed E-state index contributed by atoms with van der Waals surface area (Å²) >= 11 is 0. The maximum absolute atomic E-state index is 13.2. The van der Waals surface area contributed by atoms with Gasteiger partial charge in [0.05, 0.1) is 35.7 Å². The molecule has 35 heavy (non-hydrogen) atoms. The molecular weight excluding hydrogens is 450 g/mol. The van der Waals surface area contributed by atoms with E-state index in [2.05, 4.69) is 11.9 Å². The average molecular weight is 492 g/mol. The second-order valence-electron chi connectivity index (χ2n) is 11.3. The first-order valence-electron chi connectivity index (χ1n) is 12.6. The van der Waals surface area contributed by atoms with Crippen LogP contribution in [0.4, 0.5) is 0 Å². The number of aromatic nitrogens is 1. The van der Waals surface area contributed by atoms with Gasteiger partial charge in [0, 0.05) is 19.3 Å². The molecule has 2 aliphatic heterocycles. The number of cyclic esters (lactones) is 1. The van der Waals surface area contributed by atoms with Gasteiger partial charge in [-0.1, -0.05) is 34.1 Å². The minimum atomic E-state index is -1.24. The number of rotatable bonds is 2. The number of nitrogens with zero attached hydrogens (tertiary/aromatic N) is 1. The molecular formula is C27H41NO7. The highest BCUT2D eigenvalue weighted by atomic mass is 16.6. The summed E-state index contributed by atoms with van der Waals surface area (Å²) in [5.74, 6) is -1.06. The highest BCUT2D eigenvalue weighted by Gasteiger charge is 2.53. The number of oxazole rings is 1. The Morgan fingerprint density at radius 1 is 1.20 bits per heavy atom. The maximum Gasteiger partial charge on any atom is 0.309 e. The summed E-state index contributed by atoms with van der Waals surface area (Å²) in [5, 5.41) is 21.7. The highest BCUT2D eigenvalue weighted by Crippen LogP contribution is 2.45. The fourth-order valence-corrected chi connectivity index (χ4v) is 5.07. The predicted molar refractivity (Wildman–Crippen MR) is 130 cm³/mol. The molecule has 3 heterocycles. The molecule has 1 aromatic rings. The number of Topliss-reactive ketones (excluding diaryl/α,β-unsaturated/α-hetero) is 1. The fourth-order valence-electron chi connectivity index (χ4n) is 5.07. The van der Waals surface area contributed by atoms with Crippen LogP contribution in [0.3, 0.4) is 0 Å². The van der Waals surface area contributed by atoms with Gasteiger partial charge in [0.15, 0.2) is 5.89 Å². The third kappa shape index (κ3) is 6.40. The first kappa shape index (κ1) is 27.6. The third-order valence-corrected chi connectivity index (χ3v) is 7.93. The molecule has 0 amide bonds. The standard InChI is InChI=1S/C27H41NO7/c1-15-9-8-10-27(7)22(35-27)12-20(16(2)11-19-14-33-18(4)28-19)34-23(30)13-21(29)26(5,6)25(32)17(3)24(15)31/h11,14-15,17,20-22,24,29,31H,8-10,12-13H2,1-7H3/b16-11+/t15-,17+,20-,21-,22-,24?,27+/m0/s1. The van der Waals surface area contributed by atoms with E-state index in [1.165, 1.54) is 0 Å². The van der Waals surface area contributed by atoms with E-state index in [4.69, 9.17) is 13.9 Å². The molecule has 196 valence electrons. The zero-order valence-electron chi connectivity index (χ0n) is 22.0. The van der Waals surface area contributed by atoms with Crippen molar-refractivity contribution in [3.05, 3.63) is 23.4 Å². The normalized spacial score (nSPS) is 37.5. The quantitative estimate of drug-likeness (QED) is 0.470. The highest BCUT2D eigenvalue weighted by molar-refractivity contribution is 5.88. The Labute approximate surface area is 208 Å². The summed E-state index contributed by atoms with van der Waals surface area (Å²) in [6.45, 7) is 12.5. The second-order valence-corrected chi connectivity index (χ2v) is 11.3. The monoisotopic (exact) mass is 491 g/mol. The van der Waals surface area contributed by atoms with Crippen molar-refractivity contribution in [1.29, 1.82) is 0 Å². The topological polar surface area (TPSA) is 122 Å². The van der Waals surface area contributed by atoms with Gasteiger partial charge in [-0.05, 0) is 44.3 Å². The maximum atomic E-state index is 13.2. The van der Waals surface area contributed by atoms with E-state index in [0.717, 1.165) is 24.8 Å². The molecule has 2 aliphatic rings.